The number of ether oxygens (including phenoxy) is 4. The molecule has 2 bridgehead atoms. The third kappa shape index (κ3) is 6.20. The number of aliphatic hydroxyl groups is 1. The van der Waals surface area contributed by atoms with Crippen LogP contribution in [0, 0.1) is 5.92 Å². The molecule has 5 heterocycles. The van der Waals surface area contributed by atoms with Crippen LogP contribution >= 0.6 is 0 Å². The van der Waals surface area contributed by atoms with Gasteiger partial charge in [0.05, 0.1) is 18.8 Å². The van der Waals surface area contributed by atoms with Crippen molar-refractivity contribution in [2.24, 2.45) is 15.9 Å². The first kappa shape index (κ1) is 27.3. The van der Waals surface area contributed by atoms with Gasteiger partial charge in [-0.3, -0.25) is 14.9 Å². The third-order valence-corrected chi connectivity index (χ3v) is 8.02. The number of hydrogen-bond donors (Lipinski definition) is 2. The maximum Gasteiger partial charge on any atom is 0.203 e. The van der Waals surface area contributed by atoms with Crippen molar-refractivity contribution in [2.75, 3.05) is 52.8 Å². The first-order valence-electron chi connectivity index (χ1n) is 14.7. The Morgan fingerprint density at radius 1 is 1.23 bits per heavy atom. The molecule has 3 atom stereocenters. The minimum absolute atomic E-state index is 0.164. The molecule has 2 fully saturated rings. The van der Waals surface area contributed by atoms with Crippen molar-refractivity contribution >= 4 is 12.1 Å². The van der Waals surface area contributed by atoms with E-state index in [-0.39, 0.29) is 19.5 Å². The number of aliphatic imine (C=N–C) groups is 2. The van der Waals surface area contributed by atoms with Gasteiger partial charge in [-0.15, -0.1) is 0 Å². The SMILES string of the molecule is CC1CC=CN=CC2=CCC3OCOC3=C2N2C(OCC(O)CN3CCCCC3)=CC3=NCC(=C2N3)CCOC1. The smallest absolute Gasteiger partial charge is 0.203 e. The number of rotatable bonds is 5. The summed E-state index contributed by atoms with van der Waals surface area (Å²) >= 11 is 0. The van der Waals surface area contributed by atoms with Gasteiger partial charge < -0.3 is 34.3 Å². The van der Waals surface area contributed by atoms with Gasteiger partial charge in [0, 0.05) is 43.6 Å². The molecule has 2 N–H and O–H groups in total. The molecule has 0 aromatic rings. The highest BCUT2D eigenvalue weighted by Crippen LogP contribution is 2.39. The van der Waals surface area contributed by atoms with E-state index in [4.69, 9.17) is 23.9 Å². The van der Waals surface area contributed by atoms with Crippen molar-refractivity contribution in [2.45, 2.75) is 57.7 Å². The molecule has 6 aliphatic rings. The highest BCUT2D eigenvalue weighted by Gasteiger charge is 2.40. The Labute approximate surface area is 236 Å². The van der Waals surface area contributed by atoms with Gasteiger partial charge in [-0.05, 0) is 50.3 Å². The van der Waals surface area contributed by atoms with E-state index in [1.54, 1.807) is 0 Å². The van der Waals surface area contributed by atoms with E-state index in [9.17, 15) is 5.11 Å². The summed E-state index contributed by atoms with van der Waals surface area (Å²) in [6.45, 7) is 7.11. The van der Waals surface area contributed by atoms with Crippen LogP contribution in [0.25, 0.3) is 0 Å². The predicted octanol–water partition coefficient (Wildman–Crippen LogP) is 3.17. The molecule has 0 radical (unpaired) electrons. The largest absolute Gasteiger partial charge is 0.476 e. The summed E-state index contributed by atoms with van der Waals surface area (Å²) in [5.74, 6) is 3.41. The summed E-state index contributed by atoms with van der Waals surface area (Å²) in [7, 11) is 0. The molecule has 5 aliphatic heterocycles. The zero-order valence-electron chi connectivity index (χ0n) is 23.4. The zero-order valence-corrected chi connectivity index (χ0v) is 23.4. The molecule has 3 unspecified atom stereocenters. The Morgan fingerprint density at radius 2 is 2.12 bits per heavy atom. The van der Waals surface area contributed by atoms with E-state index in [0.29, 0.717) is 44.5 Å². The Hall–Kier alpha value is -2.92. The monoisotopic (exact) mass is 551 g/mol. The molecule has 6 rings (SSSR count). The maximum absolute atomic E-state index is 10.9. The van der Waals surface area contributed by atoms with E-state index >= 15 is 0 Å². The highest BCUT2D eigenvalue weighted by atomic mass is 16.7. The van der Waals surface area contributed by atoms with Crippen molar-refractivity contribution in [3.05, 3.63) is 58.7 Å². The van der Waals surface area contributed by atoms with Crippen LogP contribution < -0.4 is 5.32 Å². The molecular formula is C30H41N5O5. The standard InChI is InChI=1S/C30H41N5O5/c1-21-6-5-10-31-15-22-7-8-25-29(40-20-39-25)28(22)35-27(38-19-24(36)17-34-11-3-2-4-12-34)14-26-32-16-23(30(35)33-26)9-13-37-18-21/h5,7,10,14-15,21,24-25,36H,2-4,6,8-9,11-13,16-20H2,1H3,(H,32,33). The summed E-state index contributed by atoms with van der Waals surface area (Å²) < 4.78 is 24.5. The zero-order chi connectivity index (χ0) is 27.3. The Morgan fingerprint density at radius 3 is 3.02 bits per heavy atom. The number of hydrogen-bond acceptors (Lipinski definition) is 10. The number of piperidine rings is 1. The molecule has 0 aromatic heterocycles. The lowest BCUT2D eigenvalue weighted by atomic mass is 9.97. The van der Waals surface area contributed by atoms with Crippen LogP contribution in [-0.2, 0) is 18.9 Å². The number of nitrogens with one attached hydrogen (secondary N) is 1. The van der Waals surface area contributed by atoms with Crippen LogP contribution in [0.4, 0.5) is 0 Å². The van der Waals surface area contributed by atoms with Gasteiger partial charge in [0.15, 0.2) is 12.6 Å². The Bertz CT molecular complexity index is 1160. The average molecular weight is 552 g/mol. The van der Waals surface area contributed by atoms with Gasteiger partial charge in [-0.2, -0.15) is 0 Å². The van der Waals surface area contributed by atoms with E-state index in [1.165, 1.54) is 19.3 Å². The maximum atomic E-state index is 10.9. The second-order valence-electron chi connectivity index (χ2n) is 11.3. The molecule has 2 saturated heterocycles. The number of likely N-dealkylation sites (tertiary alicyclic amines) is 1. The minimum atomic E-state index is -0.604. The van der Waals surface area contributed by atoms with Crippen molar-refractivity contribution in [3.8, 4) is 0 Å². The van der Waals surface area contributed by atoms with Gasteiger partial charge >= 0.3 is 0 Å². The van der Waals surface area contributed by atoms with Crippen LogP contribution in [0.2, 0.25) is 0 Å². The number of aliphatic hydroxyl groups excluding tert-OH is 1. The first-order chi connectivity index (χ1) is 19.7. The Kier molecular flexibility index (Phi) is 8.67. The number of nitrogens with zero attached hydrogens (tertiary/aromatic N) is 4. The molecule has 10 nitrogen and oxygen atoms in total. The second kappa shape index (κ2) is 12.7. The topological polar surface area (TPSA) is 100 Å². The van der Waals surface area contributed by atoms with Crippen LogP contribution in [0.5, 0.6) is 0 Å². The lowest BCUT2D eigenvalue weighted by Crippen LogP contribution is -2.45. The summed E-state index contributed by atoms with van der Waals surface area (Å²) in [5, 5.41) is 14.4. The lowest BCUT2D eigenvalue weighted by molar-refractivity contribution is 0.0219. The van der Waals surface area contributed by atoms with E-state index in [0.717, 1.165) is 60.2 Å². The molecule has 1 aliphatic carbocycles. The van der Waals surface area contributed by atoms with Crippen LogP contribution in [0.3, 0.4) is 0 Å². The normalized spacial score (nSPS) is 28.2. The van der Waals surface area contributed by atoms with Crippen molar-refractivity contribution in [1.82, 2.24) is 15.1 Å². The van der Waals surface area contributed by atoms with Gasteiger partial charge in [-0.25, -0.2) is 0 Å². The summed E-state index contributed by atoms with van der Waals surface area (Å²) in [6.07, 6.45) is 15.1. The molecule has 216 valence electrons. The molecule has 10 heteroatoms. The van der Waals surface area contributed by atoms with Crippen LogP contribution in [0.15, 0.2) is 68.7 Å². The number of fused-ring (bicyclic) bond motifs is 4. The van der Waals surface area contributed by atoms with Gasteiger partial charge in [0.2, 0.25) is 5.88 Å². The molecule has 40 heavy (non-hydrogen) atoms. The third-order valence-electron chi connectivity index (χ3n) is 8.02. The Balaban J connectivity index is 1.34. The molecule has 0 saturated carbocycles. The van der Waals surface area contributed by atoms with E-state index < -0.39 is 6.10 Å². The number of amidine groups is 1. The lowest BCUT2D eigenvalue weighted by Gasteiger charge is -2.40. The van der Waals surface area contributed by atoms with Gasteiger partial charge in [0.25, 0.3) is 0 Å². The molecule has 0 amide bonds. The number of allylic oxidation sites excluding steroid dienone is 2. The number of β-amino-alcohol motifs (C(OH)–C–C–N with tert-alkyl or cyclic N) is 1. The van der Waals surface area contributed by atoms with Crippen molar-refractivity contribution in [1.29, 1.82) is 0 Å². The second-order valence-corrected chi connectivity index (χ2v) is 11.3. The summed E-state index contributed by atoms with van der Waals surface area (Å²) in [4.78, 5) is 13.8. The molecule has 0 spiro atoms. The van der Waals surface area contributed by atoms with Gasteiger partial charge in [0.1, 0.15) is 30.5 Å². The van der Waals surface area contributed by atoms with E-state index in [2.05, 4.69) is 39.2 Å². The fourth-order valence-electron chi connectivity index (χ4n) is 5.89. The fraction of sp³-hybridized carbons (Fsp3) is 0.600. The van der Waals surface area contributed by atoms with Crippen LogP contribution in [-0.4, -0.2) is 92.0 Å². The fourth-order valence-corrected chi connectivity index (χ4v) is 5.89. The minimum Gasteiger partial charge on any atom is -0.476 e. The van der Waals surface area contributed by atoms with Crippen molar-refractivity contribution in [3.63, 3.8) is 0 Å². The first-order valence-corrected chi connectivity index (χ1v) is 14.7. The highest BCUT2D eigenvalue weighted by molar-refractivity contribution is 5.97. The van der Waals surface area contributed by atoms with Gasteiger partial charge in [-0.1, -0.05) is 25.5 Å². The molecular weight excluding hydrogens is 510 g/mol. The summed E-state index contributed by atoms with van der Waals surface area (Å²) in [6, 6.07) is 0. The average Bonchev–Trinajstić information content (AvgIpc) is 3.44. The predicted molar refractivity (Wildman–Crippen MR) is 152 cm³/mol. The quantitative estimate of drug-likeness (QED) is 0.538. The van der Waals surface area contributed by atoms with E-state index in [1.807, 2.05) is 18.5 Å². The van der Waals surface area contributed by atoms with Crippen LogP contribution in [0.1, 0.15) is 45.4 Å². The summed E-state index contributed by atoms with van der Waals surface area (Å²) in [5.41, 5.74) is 2.90. The van der Waals surface area contributed by atoms with Crippen molar-refractivity contribution < 1.29 is 24.1 Å². The molecule has 0 aromatic carbocycles.